The van der Waals surface area contributed by atoms with E-state index in [0.29, 0.717) is 6.04 Å². The van der Waals surface area contributed by atoms with E-state index in [1.54, 1.807) is 0 Å². The van der Waals surface area contributed by atoms with Gasteiger partial charge in [-0.05, 0) is 31.6 Å². The second-order valence-corrected chi connectivity index (χ2v) is 4.70. The van der Waals surface area contributed by atoms with Gasteiger partial charge in [0, 0.05) is 18.7 Å². The smallest absolute Gasteiger partial charge is 0.124 e. The normalized spacial score (nSPS) is 25.7. The zero-order chi connectivity index (χ0) is 10.7. The lowest BCUT2D eigenvalue weighted by molar-refractivity contribution is 0.586. The molecule has 1 heterocycles. The summed E-state index contributed by atoms with van der Waals surface area (Å²) in [6.45, 7) is 5.53. The average molecular weight is 207 g/mol. The lowest BCUT2D eigenvalue weighted by Crippen LogP contribution is -2.18. The van der Waals surface area contributed by atoms with Crippen molar-refractivity contribution in [2.75, 3.05) is 5.32 Å². The molecule has 1 saturated carbocycles. The molecule has 2 atom stereocenters. The van der Waals surface area contributed by atoms with Crippen LogP contribution in [0.25, 0.3) is 0 Å². The van der Waals surface area contributed by atoms with Gasteiger partial charge in [-0.25, -0.2) is 4.68 Å². The fraction of sp³-hybridized carbons (Fsp3) is 0.750. The molecule has 15 heavy (non-hydrogen) atoms. The van der Waals surface area contributed by atoms with Gasteiger partial charge in [0.15, 0.2) is 0 Å². The molecular weight excluding hydrogens is 186 g/mol. The lowest BCUT2D eigenvalue weighted by Gasteiger charge is -2.15. The highest BCUT2D eigenvalue weighted by Gasteiger charge is 2.21. The van der Waals surface area contributed by atoms with Crippen molar-refractivity contribution in [3.63, 3.8) is 0 Å². The first-order valence-electron chi connectivity index (χ1n) is 6.08. The van der Waals surface area contributed by atoms with Crippen molar-refractivity contribution in [1.29, 1.82) is 0 Å². The van der Waals surface area contributed by atoms with E-state index in [1.807, 2.05) is 6.20 Å². The van der Waals surface area contributed by atoms with E-state index >= 15 is 0 Å². The molecule has 84 valence electrons. The predicted octanol–water partition coefficient (Wildman–Crippen LogP) is 2.89. The van der Waals surface area contributed by atoms with Crippen LogP contribution in [0.3, 0.4) is 0 Å². The standard InChI is InChI=1S/C12H21N3/c1-3-8-15-12(6-7-13-15)14-11-5-4-10(2)9-11/h6-7,10-11,14H,3-5,8-9H2,1-2H3. The zero-order valence-corrected chi connectivity index (χ0v) is 9.74. The monoisotopic (exact) mass is 207 g/mol. The number of hydrogen-bond donors (Lipinski definition) is 1. The first-order chi connectivity index (χ1) is 7.29. The number of aromatic nitrogens is 2. The van der Waals surface area contributed by atoms with Crippen molar-refractivity contribution in [3.8, 4) is 0 Å². The van der Waals surface area contributed by atoms with Crippen LogP contribution in [-0.4, -0.2) is 15.8 Å². The Hall–Kier alpha value is -0.990. The number of nitrogens with one attached hydrogen (secondary N) is 1. The second kappa shape index (κ2) is 4.69. The molecule has 1 N–H and O–H groups in total. The Balaban J connectivity index is 1.95. The first kappa shape index (κ1) is 10.5. The minimum Gasteiger partial charge on any atom is -0.368 e. The van der Waals surface area contributed by atoms with Crippen LogP contribution in [0, 0.1) is 5.92 Å². The minimum absolute atomic E-state index is 0.660. The SMILES string of the molecule is CCCn1nccc1NC1CCC(C)C1. The molecule has 0 radical (unpaired) electrons. The van der Waals surface area contributed by atoms with Gasteiger partial charge < -0.3 is 5.32 Å². The van der Waals surface area contributed by atoms with Gasteiger partial charge in [0.05, 0.1) is 6.20 Å². The van der Waals surface area contributed by atoms with E-state index in [1.165, 1.54) is 25.1 Å². The molecule has 3 nitrogen and oxygen atoms in total. The van der Waals surface area contributed by atoms with Crippen molar-refractivity contribution in [2.24, 2.45) is 5.92 Å². The van der Waals surface area contributed by atoms with Gasteiger partial charge in [-0.1, -0.05) is 13.8 Å². The molecule has 0 aromatic carbocycles. The summed E-state index contributed by atoms with van der Waals surface area (Å²) >= 11 is 0. The lowest BCUT2D eigenvalue weighted by atomic mass is 10.1. The molecule has 0 bridgehead atoms. The highest BCUT2D eigenvalue weighted by Crippen LogP contribution is 2.27. The third-order valence-electron chi connectivity index (χ3n) is 3.20. The molecule has 0 saturated heterocycles. The van der Waals surface area contributed by atoms with E-state index in [4.69, 9.17) is 0 Å². The fourth-order valence-corrected chi connectivity index (χ4v) is 2.39. The van der Waals surface area contributed by atoms with Gasteiger partial charge >= 0.3 is 0 Å². The third kappa shape index (κ3) is 2.52. The van der Waals surface area contributed by atoms with E-state index in [0.717, 1.165) is 18.9 Å². The van der Waals surface area contributed by atoms with Crippen molar-refractivity contribution in [1.82, 2.24) is 9.78 Å². The summed E-state index contributed by atoms with van der Waals surface area (Å²) in [4.78, 5) is 0. The Labute approximate surface area is 91.9 Å². The molecule has 1 fully saturated rings. The molecule has 1 aromatic rings. The number of anilines is 1. The van der Waals surface area contributed by atoms with Crippen LogP contribution in [0.5, 0.6) is 0 Å². The van der Waals surface area contributed by atoms with Crippen LogP contribution in [0.2, 0.25) is 0 Å². The molecular formula is C12H21N3. The van der Waals surface area contributed by atoms with Crippen molar-refractivity contribution in [3.05, 3.63) is 12.3 Å². The molecule has 0 amide bonds. The summed E-state index contributed by atoms with van der Waals surface area (Å²) in [6, 6.07) is 2.74. The van der Waals surface area contributed by atoms with Crippen molar-refractivity contribution in [2.45, 2.75) is 52.1 Å². The molecule has 2 rings (SSSR count). The van der Waals surface area contributed by atoms with Gasteiger partial charge in [0.25, 0.3) is 0 Å². The van der Waals surface area contributed by atoms with Gasteiger partial charge in [0.2, 0.25) is 0 Å². The predicted molar refractivity (Wildman–Crippen MR) is 62.9 cm³/mol. The van der Waals surface area contributed by atoms with Gasteiger partial charge in [-0.2, -0.15) is 5.10 Å². The summed E-state index contributed by atoms with van der Waals surface area (Å²) in [5.74, 6) is 2.07. The number of rotatable bonds is 4. The topological polar surface area (TPSA) is 29.9 Å². The largest absolute Gasteiger partial charge is 0.368 e. The molecule has 1 aliphatic rings. The van der Waals surface area contributed by atoms with Crippen LogP contribution in [0.4, 0.5) is 5.82 Å². The average Bonchev–Trinajstić information content (AvgIpc) is 2.78. The van der Waals surface area contributed by atoms with E-state index in [-0.39, 0.29) is 0 Å². The molecule has 1 aliphatic carbocycles. The van der Waals surface area contributed by atoms with Gasteiger partial charge in [0.1, 0.15) is 5.82 Å². The van der Waals surface area contributed by atoms with Crippen LogP contribution >= 0.6 is 0 Å². The highest BCUT2D eigenvalue weighted by atomic mass is 15.3. The number of aryl methyl sites for hydroxylation is 1. The number of hydrogen-bond acceptors (Lipinski definition) is 2. The fourth-order valence-electron chi connectivity index (χ4n) is 2.39. The maximum absolute atomic E-state index is 4.32. The Morgan fingerprint density at radius 3 is 3.07 bits per heavy atom. The third-order valence-corrected chi connectivity index (χ3v) is 3.20. The molecule has 0 aliphatic heterocycles. The summed E-state index contributed by atoms with van der Waals surface area (Å²) in [6.07, 6.45) is 6.99. The van der Waals surface area contributed by atoms with Crippen LogP contribution in [0.1, 0.15) is 39.5 Å². The molecule has 3 heteroatoms. The van der Waals surface area contributed by atoms with Gasteiger partial charge in [-0.3, -0.25) is 0 Å². The Morgan fingerprint density at radius 2 is 2.40 bits per heavy atom. The zero-order valence-electron chi connectivity index (χ0n) is 9.74. The maximum atomic E-state index is 4.32. The van der Waals surface area contributed by atoms with Crippen molar-refractivity contribution >= 4 is 5.82 Å². The highest BCUT2D eigenvalue weighted by molar-refractivity contribution is 5.35. The summed E-state index contributed by atoms with van der Waals surface area (Å²) < 4.78 is 2.07. The van der Waals surface area contributed by atoms with E-state index in [9.17, 15) is 0 Å². The maximum Gasteiger partial charge on any atom is 0.124 e. The summed E-state index contributed by atoms with van der Waals surface area (Å²) in [5, 5.41) is 7.93. The molecule has 0 spiro atoms. The van der Waals surface area contributed by atoms with Crippen LogP contribution in [0.15, 0.2) is 12.3 Å². The Kier molecular flexibility index (Phi) is 3.29. The number of nitrogens with zero attached hydrogens (tertiary/aromatic N) is 2. The van der Waals surface area contributed by atoms with Gasteiger partial charge in [-0.15, -0.1) is 0 Å². The Bertz CT molecular complexity index is 306. The van der Waals surface area contributed by atoms with Crippen LogP contribution < -0.4 is 5.32 Å². The molecule has 2 unspecified atom stereocenters. The quantitative estimate of drug-likeness (QED) is 0.822. The van der Waals surface area contributed by atoms with E-state index in [2.05, 4.69) is 35.0 Å². The van der Waals surface area contributed by atoms with Crippen LogP contribution in [-0.2, 0) is 6.54 Å². The van der Waals surface area contributed by atoms with Crippen molar-refractivity contribution < 1.29 is 0 Å². The first-order valence-corrected chi connectivity index (χ1v) is 6.08. The minimum atomic E-state index is 0.660. The van der Waals surface area contributed by atoms with E-state index < -0.39 is 0 Å². The summed E-state index contributed by atoms with van der Waals surface area (Å²) in [5.41, 5.74) is 0. The Morgan fingerprint density at radius 1 is 1.53 bits per heavy atom. The molecule has 1 aromatic heterocycles. The second-order valence-electron chi connectivity index (χ2n) is 4.70. The summed E-state index contributed by atoms with van der Waals surface area (Å²) in [7, 11) is 0.